The first-order chi connectivity index (χ1) is 9.15. The van der Waals surface area contributed by atoms with Crippen LogP contribution in [0.3, 0.4) is 0 Å². The van der Waals surface area contributed by atoms with Gasteiger partial charge in [-0.1, -0.05) is 30.7 Å². The third kappa shape index (κ3) is 2.77. The molecule has 0 unspecified atom stereocenters. The average molecular weight is 279 g/mol. The molecule has 19 heavy (non-hydrogen) atoms. The van der Waals surface area contributed by atoms with E-state index in [1.807, 2.05) is 12.1 Å². The highest BCUT2D eigenvalue weighted by Crippen LogP contribution is 2.47. The normalized spacial score (nSPS) is 31.1. The second-order valence-electron chi connectivity index (χ2n) is 5.71. The van der Waals surface area contributed by atoms with Crippen LogP contribution in [0.25, 0.3) is 0 Å². The molecule has 102 valence electrons. The number of benzene rings is 1. The molecule has 0 radical (unpaired) electrons. The molecule has 3 rings (SSSR count). The van der Waals surface area contributed by atoms with Gasteiger partial charge in [-0.15, -0.1) is 0 Å². The molecule has 0 spiro atoms. The van der Waals surface area contributed by atoms with Gasteiger partial charge in [-0.2, -0.15) is 0 Å². The molecule has 3 nitrogen and oxygen atoms in total. The molecular formula is C15H19ClN2O. The van der Waals surface area contributed by atoms with Crippen LogP contribution in [0.1, 0.15) is 31.4 Å². The minimum Gasteiger partial charge on any atom is -0.355 e. The van der Waals surface area contributed by atoms with Crippen LogP contribution in [0.5, 0.6) is 0 Å². The average Bonchev–Trinajstić information content (AvgIpc) is 2.97. The molecule has 2 aliphatic rings. The zero-order valence-electron chi connectivity index (χ0n) is 11.0. The Morgan fingerprint density at radius 2 is 2.05 bits per heavy atom. The first-order valence-corrected chi connectivity index (χ1v) is 7.32. The predicted octanol–water partition coefficient (Wildman–Crippen LogP) is 2.52. The predicted molar refractivity (Wildman–Crippen MR) is 76.0 cm³/mol. The van der Waals surface area contributed by atoms with E-state index in [4.69, 9.17) is 11.6 Å². The Labute approximate surface area is 118 Å². The number of hydrogen-bond donors (Lipinski definition) is 2. The molecule has 0 aromatic heterocycles. The van der Waals surface area contributed by atoms with Crippen LogP contribution in [-0.2, 0) is 4.79 Å². The van der Waals surface area contributed by atoms with E-state index in [9.17, 15) is 4.79 Å². The molecule has 4 heteroatoms. The number of rotatable bonds is 4. The molecular weight excluding hydrogens is 260 g/mol. The highest BCUT2D eigenvalue weighted by atomic mass is 35.5. The number of carbonyl (C=O) groups excluding carboxylic acids is 1. The smallest absolute Gasteiger partial charge is 0.237 e. The fraction of sp³-hybridized carbons (Fsp3) is 0.533. The van der Waals surface area contributed by atoms with E-state index in [0.717, 1.165) is 23.9 Å². The fourth-order valence-corrected chi connectivity index (χ4v) is 3.05. The molecule has 0 bridgehead atoms. The van der Waals surface area contributed by atoms with Crippen molar-refractivity contribution >= 4 is 17.5 Å². The summed E-state index contributed by atoms with van der Waals surface area (Å²) in [6.07, 6.45) is 2.11. The molecule has 1 aliphatic heterocycles. The summed E-state index contributed by atoms with van der Waals surface area (Å²) in [7, 11) is 0. The summed E-state index contributed by atoms with van der Waals surface area (Å²) >= 11 is 5.95. The number of halogens is 1. The van der Waals surface area contributed by atoms with Crippen LogP contribution in [0.4, 0.5) is 0 Å². The molecule has 1 aliphatic carbocycles. The minimum absolute atomic E-state index is 0.0477. The van der Waals surface area contributed by atoms with E-state index in [2.05, 4.69) is 29.7 Å². The fourth-order valence-electron chi connectivity index (χ4n) is 2.92. The Kier molecular flexibility index (Phi) is 3.50. The van der Waals surface area contributed by atoms with Crippen molar-refractivity contribution in [1.82, 2.24) is 10.6 Å². The number of carbonyl (C=O) groups is 1. The lowest BCUT2D eigenvalue weighted by atomic mass is 9.99. The lowest BCUT2D eigenvalue weighted by Gasteiger charge is -2.22. The zero-order valence-corrected chi connectivity index (χ0v) is 11.8. The van der Waals surface area contributed by atoms with Crippen LogP contribution in [0, 0.1) is 11.8 Å². The summed E-state index contributed by atoms with van der Waals surface area (Å²) in [6.45, 7) is 3.05. The molecule has 1 aromatic rings. The van der Waals surface area contributed by atoms with E-state index < -0.39 is 0 Å². The summed E-state index contributed by atoms with van der Waals surface area (Å²) in [6, 6.07) is 8.20. The standard InChI is InChI=1S/C15H19ClN2O/c1-9-8-12(9)14(10-2-4-11(16)5-3-10)18-13-6-7-17-15(13)19/h2-5,9,12-14,18H,6-8H2,1H3,(H,17,19)/t9-,12+,13-,14+/m1/s1. The zero-order chi connectivity index (χ0) is 13.4. The van der Waals surface area contributed by atoms with Crippen molar-refractivity contribution < 1.29 is 4.79 Å². The first-order valence-electron chi connectivity index (χ1n) is 6.94. The molecule has 2 N–H and O–H groups in total. The lowest BCUT2D eigenvalue weighted by molar-refractivity contribution is -0.121. The van der Waals surface area contributed by atoms with Crippen molar-refractivity contribution in [1.29, 1.82) is 0 Å². The molecule has 1 aromatic carbocycles. The molecule has 1 saturated heterocycles. The Morgan fingerprint density at radius 1 is 1.37 bits per heavy atom. The summed E-state index contributed by atoms with van der Waals surface area (Å²) in [5.41, 5.74) is 1.23. The van der Waals surface area contributed by atoms with E-state index in [-0.39, 0.29) is 18.0 Å². The van der Waals surface area contributed by atoms with Crippen LogP contribution in [0.2, 0.25) is 5.02 Å². The van der Waals surface area contributed by atoms with Crippen molar-refractivity contribution in [3.8, 4) is 0 Å². The lowest BCUT2D eigenvalue weighted by Crippen LogP contribution is -2.39. The van der Waals surface area contributed by atoms with Crippen LogP contribution in [0.15, 0.2) is 24.3 Å². The second-order valence-corrected chi connectivity index (χ2v) is 6.14. The minimum atomic E-state index is -0.0477. The van der Waals surface area contributed by atoms with Gasteiger partial charge in [0.25, 0.3) is 0 Å². The van der Waals surface area contributed by atoms with Crippen molar-refractivity contribution in [2.45, 2.75) is 31.8 Å². The highest BCUT2D eigenvalue weighted by molar-refractivity contribution is 6.30. The SMILES string of the molecule is C[C@@H]1C[C@@H]1[C@@H](N[C@@H]1CCNC1=O)c1ccc(Cl)cc1. The monoisotopic (exact) mass is 278 g/mol. The van der Waals surface area contributed by atoms with Gasteiger partial charge in [0.1, 0.15) is 0 Å². The summed E-state index contributed by atoms with van der Waals surface area (Å²) in [4.78, 5) is 11.7. The third-order valence-corrected chi connectivity index (χ3v) is 4.51. The van der Waals surface area contributed by atoms with Crippen molar-refractivity contribution in [3.63, 3.8) is 0 Å². The summed E-state index contributed by atoms with van der Waals surface area (Å²) in [5.74, 6) is 1.50. The van der Waals surface area contributed by atoms with Crippen LogP contribution < -0.4 is 10.6 Å². The molecule has 1 amide bonds. The molecule has 4 atom stereocenters. The van der Waals surface area contributed by atoms with Gasteiger partial charge in [-0.25, -0.2) is 0 Å². The maximum atomic E-state index is 11.7. The van der Waals surface area contributed by atoms with Gasteiger partial charge in [0.05, 0.1) is 6.04 Å². The Hall–Kier alpha value is -1.06. The van der Waals surface area contributed by atoms with Gasteiger partial charge in [0.2, 0.25) is 5.91 Å². The van der Waals surface area contributed by atoms with Gasteiger partial charge in [0.15, 0.2) is 0 Å². The largest absolute Gasteiger partial charge is 0.355 e. The van der Waals surface area contributed by atoms with Gasteiger partial charge >= 0.3 is 0 Å². The molecule has 1 saturated carbocycles. The van der Waals surface area contributed by atoms with Crippen molar-refractivity contribution in [2.75, 3.05) is 6.54 Å². The quantitative estimate of drug-likeness (QED) is 0.889. The molecule has 1 heterocycles. The maximum absolute atomic E-state index is 11.7. The van der Waals surface area contributed by atoms with Crippen LogP contribution >= 0.6 is 11.6 Å². The summed E-state index contributed by atoms with van der Waals surface area (Å²) in [5, 5.41) is 7.18. The van der Waals surface area contributed by atoms with Crippen molar-refractivity contribution in [2.24, 2.45) is 11.8 Å². The summed E-state index contributed by atoms with van der Waals surface area (Å²) < 4.78 is 0. The van der Waals surface area contributed by atoms with E-state index >= 15 is 0 Å². The maximum Gasteiger partial charge on any atom is 0.237 e. The van der Waals surface area contributed by atoms with E-state index in [0.29, 0.717) is 5.92 Å². The van der Waals surface area contributed by atoms with Gasteiger partial charge in [-0.05, 0) is 42.4 Å². The topological polar surface area (TPSA) is 41.1 Å². The van der Waals surface area contributed by atoms with Gasteiger partial charge < -0.3 is 5.32 Å². The Balaban J connectivity index is 1.77. The van der Waals surface area contributed by atoms with Crippen LogP contribution in [-0.4, -0.2) is 18.5 Å². The van der Waals surface area contributed by atoms with Gasteiger partial charge in [0, 0.05) is 17.6 Å². The first kappa shape index (κ1) is 12.9. The molecule has 2 fully saturated rings. The number of nitrogens with one attached hydrogen (secondary N) is 2. The third-order valence-electron chi connectivity index (χ3n) is 4.26. The highest BCUT2D eigenvalue weighted by Gasteiger charge is 2.42. The van der Waals surface area contributed by atoms with E-state index in [1.165, 1.54) is 12.0 Å². The number of amides is 1. The Morgan fingerprint density at radius 3 is 2.58 bits per heavy atom. The van der Waals surface area contributed by atoms with Crippen molar-refractivity contribution in [3.05, 3.63) is 34.9 Å². The van der Waals surface area contributed by atoms with E-state index in [1.54, 1.807) is 0 Å². The Bertz CT molecular complexity index is 474. The second kappa shape index (κ2) is 5.14. The number of hydrogen-bond acceptors (Lipinski definition) is 2. The van der Waals surface area contributed by atoms with Gasteiger partial charge in [-0.3, -0.25) is 10.1 Å².